The van der Waals surface area contributed by atoms with Crippen LogP contribution in [0.15, 0.2) is 23.1 Å². The van der Waals surface area contributed by atoms with Crippen LogP contribution in [-0.4, -0.2) is 27.4 Å². The molecule has 7 heteroatoms. The van der Waals surface area contributed by atoms with Gasteiger partial charge in [-0.05, 0) is 43.9 Å². The molecular weight excluding hydrogens is 307 g/mol. The van der Waals surface area contributed by atoms with E-state index < -0.39 is 21.7 Å². The lowest BCUT2D eigenvalue weighted by Crippen LogP contribution is -2.37. The van der Waals surface area contributed by atoms with Gasteiger partial charge >= 0.3 is 0 Å². The standard InChI is InChI=1S/C15H21FN2O3S/c1-10(11-5-3-4-6-11)18-22(20,21)12-7-8-14(16)13(9-12)15(19)17-2/h7-11,18H,3-6H2,1-2H3,(H,17,19)/t10-/m1/s1. The fourth-order valence-corrected chi connectivity index (χ4v) is 4.18. The third-order valence-corrected chi connectivity index (χ3v) is 5.72. The van der Waals surface area contributed by atoms with Crippen LogP contribution in [0.2, 0.25) is 0 Å². The maximum atomic E-state index is 13.6. The summed E-state index contributed by atoms with van der Waals surface area (Å²) in [5.74, 6) is -1.07. The number of hydrogen-bond acceptors (Lipinski definition) is 3. The van der Waals surface area contributed by atoms with E-state index in [0.717, 1.165) is 37.8 Å². The first-order valence-electron chi connectivity index (χ1n) is 7.39. The zero-order valence-corrected chi connectivity index (χ0v) is 13.5. The van der Waals surface area contributed by atoms with Crippen molar-refractivity contribution < 1.29 is 17.6 Å². The van der Waals surface area contributed by atoms with E-state index in [-0.39, 0.29) is 16.5 Å². The summed E-state index contributed by atoms with van der Waals surface area (Å²) in [4.78, 5) is 11.5. The molecule has 22 heavy (non-hydrogen) atoms. The Bertz CT molecular complexity index is 655. The van der Waals surface area contributed by atoms with Crippen molar-refractivity contribution in [2.24, 2.45) is 5.92 Å². The SMILES string of the molecule is CNC(=O)c1cc(S(=O)(=O)N[C@H](C)C2CCCC2)ccc1F. The number of rotatable bonds is 5. The Morgan fingerprint density at radius 3 is 2.55 bits per heavy atom. The molecule has 0 bridgehead atoms. The van der Waals surface area contributed by atoms with Gasteiger partial charge in [-0.3, -0.25) is 4.79 Å². The highest BCUT2D eigenvalue weighted by Gasteiger charge is 2.27. The third kappa shape index (κ3) is 3.64. The van der Waals surface area contributed by atoms with Crippen molar-refractivity contribution in [2.75, 3.05) is 7.05 Å². The summed E-state index contributed by atoms with van der Waals surface area (Å²) in [6, 6.07) is 3.06. The lowest BCUT2D eigenvalue weighted by Gasteiger charge is -2.20. The number of halogens is 1. The van der Waals surface area contributed by atoms with E-state index in [1.807, 2.05) is 6.92 Å². The van der Waals surface area contributed by atoms with E-state index in [4.69, 9.17) is 0 Å². The molecule has 1 saturated carbocycles. The molecule has 5 nitrogen and oxygen atoms in total. The maximum Gasteiger partial charge on any atom is 0.254 e. The molecule has 0 aromatic heterocycles. The first kappa shape index (κ1) is 16.9. The Hall–Kier alpha value is -1.47. The Balaban J connectivity index is 2.23. The van der Waals surface area contributed by atoms with Crippen molar-refractivity contribution in [3.63, 3.8) is 0 Å². The van der Waals surface area contributed by atoms with Crippen molar-refractivity contribution in [1.29, 1.82) is 0 Å². The molecule has 2 N–H and O–H groups in total. The fraction of sp³-hybridized carbons (Fsp3) is 0.533. The summed E-state index contributed by atoms with van der Waals surface area (Å²) in [5.41, 5.74) is -0.279. The summed E-state index contributed by atoms with van der Waals surface area (Å²) in [6.45, 7) is 1.84. The van der Waals surface area contributed by atoms with Crippen molar-refractivity contribution >= 4 is 15.9 Å². The summed E-state index contributed by atoms with van der Waals surface area (Å²) >= 11 is 0. The Labute approximate surface area is 130 Å². The minimum absolute atomic E-state index is 0.0997. The molecule has 1 aromatic carbocycles. The van der Waals surface area contributed by atoms with Crippen LogP contribution in [0.1, 0.15) is 43.0 Å². The Morgan fingerprint density at radius 2 is 1.95 bits per heavy atom. The fourth-order valence-electron chi connectivity index (χ4n) is 2.85. The lowest BCUT2D eigenvalue weighted by molar-refractivity contribution is 0.0959. The monoisotopic (exact) mass is 328 g/mol. The molecule has 0 saturated heterocycles. The van der Waals surface area contributed by atoms with Gasteiger partial charge < -0.3 is 5.32 Å². The average Bonchev–Trinajstić information content (AvgIpc) is 3.00. The quantitative estimate of drug-likeness (QED) is 0.868. The molecule has 0 radical (unpaired) electrons. The number of hydrogen-bond donors (Lipinski definition) is 2. The van der Waals surface area contributed by atoms with Crippen LogP contribution >= 0.6 is 0 Å². The molecule has 0 heterocycles. The smallest absolute Gasteiger partial charge is 0.254 e. The molecule has 1 amide bonds. The number of sulfonamides is 1. The maximum absolute atomic E-state index is 13.6. The number of carbonyl (C=O) groups excluding carboxylic acids is 1. The van der Waals surface area contributed by atoms with Gasteiger partial charge in [-0.1, -0.05) is 12.8 Å². The normalized spacial score (nSPS) is 17.4. The number of nitrogens with one attached hydrogen (secondary N) is 2. The molecule has 1 aromatic rings. The van der Waals surface area contributed by atoms with Crippen LogP contribution in [-0.2, 0) is 10.0 Å². The highest BCUT2D eigenvalue weighted by atomic mass is 32.2. The molecule has 1 aliphatic rings. The minimum Gasteiger partial charge on any atom is -0.355 e. The van der Waals surface area contributed by atoms with Gasteiger partial charge in [0.2, 0.25) is 10.0 Å². The molecule has 0 aliphatic heterocycles. The van der Waals surface area contributed by atoms with Crippen molar-refractivity contribution in [3.8, 4) is 0 Å². The molecule has 0 spiro atoms. The van der Waals surface area contributed by atoms with Crippen LogP contribution in [0.25, 0.3) is 0 Å². The minimum atomic E-state index is -3.77. The van der Waals surface area contributed by atoms with E-state index >= 15 is 0 Å². The van der Waals surface area contributed by atoms with Crippen LogP contribution in [0.3, 0.4) is 0 Å². The first-order valence-corrected chi connectivity index (χ1v) is 8.87. The molecule has 0 unspecified atom stereocenters. The van der Waals surface area contributed by atoms with Gasteiger partial charge in [0, 0.05) is 13.1 Å². The topological polar surface area (TPSA) is 75.3 Å². The number of amides is 1. The number of carbonyl (C=O) groups is 1. The second-order valence-corrected chi connectivity index (χ2v) is 7.39. The van der Waals surface area contributed by atoms with E-state index in [1.54, 1.807) is 0 Å². The highest BCUT2D eigenvalue weighted by Crippen LogP contribution is 2.28. The van der Waals surface area contributed by atoms with E-state index in [1.165, 1.54) is 13.1 Å². The van der Waals surface area contributed by atoms with Gasteiger partial charge in [0.15, 0.2) is 0 Å². The molecule has 1 atom stereocenters. The predicted octanol–water partition coefficient (Wildman–Crippen LogP) is 2.04. The molecule has 122 valence electrons. The van der Waals surface area contributed by atoms with E-state index in [2.05, 4.69) is 10.0 Å². The van der Waals surface area contributed by atoms with Crippen molar-refractivity contribution in [2.45, 2.75) is 43.5 Å². The predicted molar refractivity (Wildman–Crippen MR) is 81.5 cm³/mol. The largest absolute Gasteiger partial charge is 0.355 e. The summed E-state index contributed by atoms with van der Waals surface area (Å²) in [6.07, 6.45) is 4.26. The first-order chi connectivity index (χ1) is 10.3. The van der Waals surface area contributed by atoms with Crippen molar-refractivity contribution in [1.82, 2.24) is 10.0 Å². The van der Waals surface area contributed by atoms with Gasteiger partial charge in [0.05, 0.1) is 10.5 Å². The van der Waals surface area contributed by atoms with Crippen LogP contribution in [0, 0.1) is 11.7 Å². The summed E-state index contributed by atoms with van der Waals surface area (Å²) < 4.78 is 41.1. The molecular formula is C15H21FN2O3S. The average molecular weight is 328 g/mol. The highest BCUT2D eigenvalue weighted by molar-refractivity contribution is 7.89. The molecule has 2 rings (SSSR count). The second kappa shape index (κ2) is 6.75. The van der Waals surface area contributed by atoms with Gasteiger partial charge in [-0.2, -0.15) is 0 Å². The van der Waals surface area contributed by atoms with Gasteiger partial charge in [-0.15, -0.1) is 0 Å². The zero-order valence-electron chi connectivity index (χ0n) is 12.7. The zero-order chi connectivity index (χ0) is 16.3. The van der Waals surface area contributed by atoms with Gasteiger partial charge in [0.25, 0.3) is 5.91 Å². The molecule has 1 fully saturated rings. The summed E-state index contributed by atoms with van der Waals surface area (Å²) in [7, 11) is -2.41. The Morgan fingerprint density at radius 1 is 1.32 bits per heavy atom. The van der Waals surface area contributed by atoms with Crippen molar-refractivity contribution in [3.05, 3.63) is 29.6 Å². The van der Waals surface area contributed by atoms with Crippen LogP contribution < -0.4 is 10.0 Å². The van der Waals surface area contributed by atoms with Gasteiger partial charge in [-0.25, -0.2) is 17.5 Å². The third-order valence-electron chi connectivity index (χ3n) is 4.17. The molecule has 1 aliphatic carbocycles. The Kier molecular flexibility index (Phi) is 5.18. The van der Waals surface area contributed by atoms with Crippen LogP contribution in [0.5, 0.6) is 0 Å². The summed E-state index contributed by atoms with van der Waals surface area (Å²) in [5, 5.41) is 2.29. The van der Waals surface area contributed by atoms with E-state index in [9.17, 15) is 17.6 Å². The van der Waals surface area contributed by atoms with Crippen LogP contribution in [0.4, 0.5) is 4.39 Å². The van der Waals surface area contributed by atoms with E-state index in [0.29, 0.717) is 5.92 Å². The lowest BCUT2D eigenvalue weighted by atomic mass is 10.0. The van der Waals surface area contributed by atoms with Gasteiger partial charge in [0.1, 0.15) is 5.82 Å². The second-order valence-electron chi connectivity index (χ2n) is 5.68. The number of benzene rings is 1.